The zero-order valence-electron chi connectivity index (χ0n) is 13.1. The van der Waals surface area contributed by atoms with Crippen LogP contribution in [0.1, 0.15) is 25.3 Å². The Morgan fingerprint density at radius 2 is 2.35 bits per heavy atom. The lowest BCUT2D eigenvalue weighted by Gasteiger charge is -2.31. The number of pyridine rings is 1. The lowest BCUT2D eigenvalue weighted by molar-refractivity contribution is 0.0795. The molecule has 5 nitrogen and oxygen atoms in total. The van der Waals surface area contributed by atoms with Gasteiger partial charge in [-0.15, -0.1) is 24.0 Å². The van der Waals surface area contributed by atoms with Gasteiger partial charge in [0.2, 0.25) is 5.88 Å². The van der Waals surface area contributed by atoms with Crippen molar-refractivity contribution in [2.24, 2.45) is 16.6 Å². The maximum absolute atomic E-state index is 12.1. The monoisotopic (exact) mass is 440 g/mol. The highest BCUT2D eigenvalue weighted by Crippen LogP contribution is 2.15. The number of nitrogens with two attached hydrogens (primary N) is 1. The topological polar surface area (TPSA) is 63.7 Å². The molecule has 0 radical (unpaired) electrons. The van der Waals surface area contributed by atoms with Gasteiger partial charge in [0.1, 0.15) is 0 Å². The molecule has 1 atom stereocenters. The SMILES string of the molecule is CC1CCCN(C(N)=NCc2ccnc(OCC(F)F)c2)C1.I. The van der Waals surface area contributed by atoms with Crippen LogP contribution in [0.15, 0.2) is 23.3 Å². The molecule has 1 fully saturated rings. The van der Waals surface area contributed by atoms with E-state index in [-0.39, 0.29) is 29.9 Å². The zero-order valence-corrected chi connectivity index (χ0v) is 15.5. The molecular formula is C15H23F2IN4O. The Bertz CT molecular complexity index is 516. The van der Waals surface area contributed by atoms with Crippen molar-refractivity contribution in [2.45, 2.75) is 32.7 Å². The minimum Gasteiger partial charge on any atom is -0.472 e. The largest absolute Gasteiger partial charge is 0.472 e. The highest BCUT2D eigenvalue weighted by atomic mass is 127. The average Bonchev–Trinajstić information content (AvgIpc) is 2.51. The van der Waals surface area contributed by atoms with E-state index in [1.54, 1.807) is 12.1 Å². The molecule has 0 aliphatic carbocycles. The molecule has 2 heterocycles. The van der Waals surface area contributed by atoms with Crippen LogP contribution in [-0.2, 0) is 6.54 Å². The minimum absolute atomic E-state index is 0. The van der Waals surface area contributed by atoms with Crippen molar-refractivity contribution in [2.75, 3.05) is 19.7 Å². The van der Waals surface area contributed by atoms with Gasteiger partial charge >= 0.3 is 0 Å². The maximum Gasteiger partial charge on any atom is 0.272 e. The van der Waals surface area contributed by atoms with Crippen molar-refractivity contribution < 1.29 is 13.5 Å². The van der Waals surface area contributed by atoms with Crippen molar-refractivity contribution in [3.05, 3.63) is 23.9 Å². The van der Waals surface area contributed by atoms with Crippen molar-refractivity contribution >= 4 is 29.9 Å². The van der Waals surface area contributed by atoms with Crippen molar-refractivity contribution in [3.8, 4) is 5.88 Å². The summed E-state index contributed by atoms with van der Waals surface area (Å²) in [6.07, 6.45) is 1.35. The van der Waals surface area contributed by atoms with Crippen LogP contribution >= 0.6 is 24.0 Å². The highest BCUT2D eigenvalue weighted by molar-refractivity contribution is 14.0. The minimum atomic E-state index is -2.51. The average molecular weight is 440 g/mol. The molecule has 2 N–H and O–H groups in total. The van der Waals surface area contributed by atoms with Crippen LogP contribution in [0.2, 0.25) is 0 Å². The van der Waals surface area contributed by atoms with Gasteiger partial charge in [-0.1, -0.05) is 6.92 Å². The first-order valence-corrected chi connectivity index (χ1v) is 7.45. The Labute approximate surface area is 152 Å². The molecule has 0 spiro atoms. The second kappa shape index (κ2) is 9.84. The van der Waals surface area contributed by atoms with E-state index < -0.39 is 13.0 Å². The van der Waals surface area contributed by atoms with Crippen molar-refractivity contribution in [1.29, 1.82) is 0 Å². The fourth-order valence-corrected chi connectivity index (χ4v) is 2.45. The molecule has 0 saturated carbocycles. The van der Waals surface area contributed by atoms with Gasteiger partial charge in [0.25, 0.3) is 6.43 Å². The highest BCUT2D eigenvalue weighted by Gasteiger charge is 2.17. The summed E-state index contributed by atoms with van der Waals surface area (Å²) in [7, 11) is 0. The fourth-order valence-electron chi connectivity index (χ4n) is 2.45. The van der Waals surface area contributed by atoms with E-state index in [2.05, 4.69) is 21.8 Å². The number of hydrogen-bond acceptors (Lipinski definition) is 3. The molecule has 1 saturated heterocycles. The first-order chi connectivity index (χ1) is 10.5. The first kappa shape index (κ1) is 19.9. The maximum atomic E-state index is 12.1. The van der Waals surface area contributed by atoms with Gasteiger partial charge in [0.05, 0.1) is 6.54 Å². The number of piperidine rings is 1. The molecule has 1 unspecified atom stereocenters. The number of rotatable bonds is 5. The number of alkyl halides is 2. The molecule has 1 aromatic rings. The Kier molecular flexibility index (Phi) is 8.49. The number of guanidine groups is 1. The summed E-state index contributed by atoms with van der Waals surface area (Å²) in [6, 6.07) is 3.38. The van der Waals surface area contributed by atoms with E-state index in [1.807, 2.05) is 0 Å². The smallest absolute Gasteiger partial charge is 0.272 e. The number of aliphatic imine (C=N–C) groups is 1. The molecule has 2 rings (SSSR count). The van der Waals surface area contributed by atoms with E-state index in [0.717, 1.165) is 25.1 Å². The third-order valence-electron chi connectivity index (χ3n) is 3.56. The Morgan fingerprint density at radius 1 is 1.57 bits per heavy atom. The summed E-state index contributed by atoms with van der Waals surface area (Å²) in [5, 5.41) is 0. The standard InChI is InChI=1S/C15H22F2N4O.HI/c1-11-3-2-6-21(9-11)15(18)20-8-12-4-5-19-14(7-12)22-10-13(16)17;/h4-5,7,11,13H,2-3,6,8-10H2,1H3,(H2,18,20);1H. The van der Waals surface area contributed by atoms with E-state index in [1.165, 1.54) is 12.6 Å². The molecule has 1 aliphatic rings. The summed E-state index contributed by atoms with van der Waals surface area (Å²) in [6.45, 7) is 3.78. The molecule has 0 bridgehead atoms. The van der Waals surface area contributed by atoms with Gasteiger partial charge in [-0.05, 0) is 30.4 Å². The van der Waals surface area contributed by atoms with Crippen LogP contribution < -0.4 is 10.5 Å². The summed E-state index contributed by atoms with van der Waals surface area (Å²) >= 11 is 0. The lowest BCUT2D eigenvalue weighted by atomic mass is 10.0. The normalized spacial score (nSPS) is 18.7. The quantitative estimate of drug-likeness (QED) is 0.435. The Morgan fingerprint density at radius 3 is 3.04 bits per heavy atom. The Hall–Kier alpha value is -1.19. The molecule has 23 heavy (non-hydrogen) atoms. The summed E-state index contributed by atoms with van der Waals surface area (Å²) in [5.41, 5.74) is 6.85. The number of hydrogen-bond donors (Lipinski definition) is 1. The van der Waals surface area contributed by atoms with Gasteiger partial charge in [0, 0.05) is 25.4 Å². The summed E-state index contributed by atoms with van der Waals surface area (Å²) in [5.74, 6) is 1.33. The zero-order chi connectivity index (χ0) is 15.9. The number of halogens is 3. The fraction of sp³-hybridized carbons (Fsp3) is 0.600. The molecule has 0 aromatic carbocycles. The lowest BCUT2D eigenvalue weighted by Crippen LogP contribution is -2.43. The molecular weight excluding hydrogens is 417 g/mol. The number of ether oxygens (including phenoxy) is 1. The van der Waals surface area contributed by atoms with Gasteiger partial charge in [-0.2, -0.15) is 0 Å². The molecule has 1 aliphatic heterocycles. The third-order valence-corrected chi connectivity index (χ3v) is 3.56. The number of likely N-dealkylation sites (tertiary alicyclic amines) is 1. The molecule has 130 valence electrons. The van der Waals surface area contributed by atoms with Crippen LogP contribution in [0.25, 0.3) is 0 Å². The van der Waals surface area contributed by atoms with Crippen molar-refractivity contribution in [1.82, 2.24) is 9.88 Å². The van der Waals surface area contributed by atoms with Gasteiger partial charge in [0.15, 0.2) is 12.6 Å². The van der Waals surface area contributed by atoms with Crippen LogP contribution in [-0.4, -0.2) is 42.0 Å². The predicted molar refractivity (Wildman–Crippen MR) is 96.4 cm³/mol. The van der Waals surface area contributed by atoms with Crippen LogP contribution in [0.5, 0.6) is 5.88 Å². The summed E-state index contributed by atoms with van der Waals surface area (Å²) < 4.78 is 29.1. The van der Waals surface area contributed by atoms with E-state index >= 15 is 0 Å². The number of nitrogens with zero attached hydrogens (tertiary/aromatic N) is 3. The second-order valence-electron chi connectivity index (χ2n) is 5.57. The first-order valence-electron chi connectivity index (χ1n) is 7.45. The Balaban J connectivity index is 0.00000264. The number of aromatic nitrogens is 1. The molecule has 8 heteroatoms. The second-order valence-corrected chi connectivity index (χ2v) is 5.57. The van der Waals surface area contributed by atoms with E-state index in [0.29, 0.717) is 18.4 Å². The van der Waals surface area contributed by atoms with E-state index in [9.17, 15) is 8.78 Å². The molecule has 1 aromatic heterocycles. The van der Waals surface area contributed by atoms with Gasteiger partial charge in [-0.25, -0.2) is 18.8 Å². The molecule has 0 amide bonds. The van der Waals surface area contributed by atoms with Gasteiger partial charge < -0.3 is 15.4 Å². The van der Waals surface area contributed by atoms with Crippen LogP contribution in [0.4, 0.5) is 8.78 Å². The van der Waals surface area contributed by atoms with Gasteiger partial charge in [-0.3, -0.25) is 0 Å². The summed E-state index contributed by atoms with van der Waals surface area (Å²) in [4.78, 5) is 10.4. The van der Waals surface area contributed by atoms with E-state index in [4.69, 9.17) is 10.5 Å². The predicted octanol–water partition coefficient (Wildman–Crippen LogP) is 2.89. The van der Waals surface area contributed by atoms with Crippen molar-refractivity contribution in [3.63, 3.8) is 0 Å². The van der Waals surface area contributed by atoms with Crippen LogP contribution in [0.3, 0.4) is 0 Å². The third kappa shape index (κ3) is 6.84. The van der Waals surface area contributed by atoms with Crippen LogP contribution in [0, 0.1) is 5.92 Å².